The second-order valence-electron chi connectivity index (χ2n) is 6.27. The van der Waals surface area contributed by atoms with Crippen molar-refractivity contribution in [1.29, 1.82) is 0 Å². The highest BCUT2D eigenvalue weighted by Gasteiger charge is 2.29. The number of rotatable bonds is 2. The monoisotopic (exact) mass is 352 g/mol. The van der Waals surface area contributed by atoms with Gasteiger partial charge < -0.3 is 14.4 Å². The second-order valence-corrected chi connectivity index (χ2v) is 6.27. The third kappa shape index (κ3) is 2.48. The van der Waals surface area contributed by atoms with E-state index in [2.05, 4.69) is 6.58 Å². The molecule has 2 aromatic carbocycles. The lowest BCUT2D eigenvalue weighted by Crippen LogP contribution is -2.34. The molecule has 2 aliphatic heterocycles. The molecular formula is C19H16N2O5. The smallest absolute Gasteiger partial charge is 0.272 e. The molecule has 7 heteroatoms. The highest BCUT2D eigenvalue weighted by atomic mass is 16.7. The van der Waals surface area contributed by atoms with Gasteiger partial charge in [0.1, 0.15) is 0 Å². The first-order chi connectivity index (χ1) is 12.5. The summed E-state index contributed by atoms with van der Waals surface area (Å²) < 4.78 is 10.8. The zero-order valence-electron chi connectivity index (χ0n) is 14.2. The number of aryl methyl sites for hydroxylation is 1. The molecular weight excluding hydrogens is 336 g/mol. The van der Waals surface area contributed by atoms with E-state index in [1.54, 1.807) is 17.9 Å². The molecule has 2 aromatic rings. The quantitative estimate of drug-likeness (QED) is 0.612. The van der Waals surface area contributed by atoms with Gasteiger partial charge in [0, 0.05) is 35.0 Å². The third-order valence-electron chi connectivity index (χ3n) is 4.73. The van der Waals surface area contributed by atoms with Gasteiger partial charge in [0.25, 0.3) is 11.6 Å². The van der Waals surface area contributed by atoms with Crippen LogP contribution in [0.1, 0.15) is 27.0 Å². The minimum atomic E-state index is -0.456. The molecule has 4 rings (SSSR count). The molecule has 7 nitrogen and oxygen atoms in total. The zero-order valence-corrected chi connectivity index (χ0v) is 14.2. The number of hydrogen-bond acceptors (Lipinski definition) is 5. The molecule has 0 saturated heterocycles. The maximum absolute atomic E-state index is 12.9. The van der Waals surface area contributed by atoms with Crippen LogP contribution in [0, 0.1) is 17.0 Å². The van der Waals surface area contributed by atoms with Crippen molar-refractivity contribution in [2.24, 2.45) is 0 Å². The molecule has 26 heavy (non-hydrogen) atoms. The van der Waals surface area contributed by atoms with Crippen molar-refractivity contribution in [2.45, 2.75) is 13.3 Å². The SMILES string of the molecule is C=C1c2cc3c(cc2CCN1C(=O)c1ccc([N+](=O)[O-])c(C)c1)OCO3. The first kappa shape index (κ1) is 16.1. The summed E-state index contributed by atoms with van der Waals surface area (Å²) in [5.41, 5.74) is 3.35. The average molecular weight is 352 g/mol. The molecule has 2 heterocycles. The number of amides is 1. The Balaban J connectivity index is 1.65. The molecule has 0 saturated carbocycles. The summed E-state index contributed by atoms with van der Waals surface area (Å²) in [4.78, 5) is 25.0. The van der Waals surface area contributed by atoms with E-state index in [0.717, 1.165) is 11.1 Å². The lowest BCUT2D eigenvalue weighted by atomic mass is 9.95. The fourth-order valence-corrected chi connectivity index (χ4v) is 3.35. The number of carbonyl (C=O) groups excluding carboxylic acids is 1. The van der Waals surface area contributed by atoms with Crippen LogP contribution in [0.4, 0.5) is 5.69 Å². The van der Waals surface area contributed by atoms with Crippen molar-refractivity contribution in [3.05, 3.63) is 69.3 Å². The van der Waals surface area contributed by atoms with Crippen LogP contribution >= 0.6 is 0 Å². The molecule has 2 aliphatic rings. The topological polar surface area (TPSA) is 81.9 Å². The zero-order chi connectivity index (χ0) is 18.4. The molecule has 0 aromatic heterocycles. The fourth-order valence-electron chi connectivity index (χ4n) is 3.35. The Morgan fingerprint density at radius 2 is 1.96 bits per heavy atom. The first-order valence-electron chi connectivity index (χ1n) is 8.14. The van der Waals surface area contributed by atoms with Gasteiger partial charge in [0.2, 0.25) is 6.79 Å². The highest BCUT2D eigenvalue weighted by molar-refractivity contribution is 6.00. The van der Waals surface area contributed by atoms with E-state index in [0.29, 0.717) is 41.3 Å². The van der Waals surface area contributed by atoms with E-state index < -0.39 is 4.92 Å². The summed E-state index contributed by atoms with van der Waals surface area (Å²) in [5, 5.41) is 11.0. The summed E-state index contributed by atoms with van der Waals surface area (Å²) in [5.74, 6) is 1.13. The van der Waals surface area contributed by atoms with E-state index in [1.165, 1.54) is 12.1 Å². The Kier molecular flexibility index (Phi) is 3.64. The second kappa shape index (κ2) is 5.87. The summed E-state index contributed by atoms with van der Waals surface area (Å²) in [6.07, 6.45) is 0.669. The highest BCUT2D eigenvalue weighted by Crippen LogP contribution is 2.40. The van der Waals surface area contributed by atoms with Crippen molar-refractivity contribution in [2.75, 3.05) is 13.3 Å². The Morgan fingerprint density at radius 3 is 2.65 bits per heavy atom. The van der Waals surface area contributed by atoms with E-state index in [9.17, 15) is 14.9 Å². The Bertz CT molecular complexity index is 967. The van der Waals surface area contributed by atoms with Crippen LogP contribution < -0.4 is 9.47 Å². The fraction of sp³-hybridized carbons (Fsp3) is 0.211. The van der Waals surface area contributed by atoms with Gasteiger partial charge in [0.15, 0.2) is 11.5 Å². The van der Waals surface area contributed by atoms with Crippen molar-refractivity contribution < 1.29 is 19.2 Å². The minimum absolute atomic E-state index is 0.00271. The van der Waals surface area contributed by atoms with Crippen molar-refractivity contribution >= 4 is 17.3 Å². The number of hydrogen-bond donors (Lipinski definition) is 0. The molecule has 0 fully saturated rings. The number of nitro benzene ring substituents is 1. The number of benzene rings is 2. The van der Waals surface area contributed by atoms with Gasteiger partial charge in [-0.2, -0.15) is 0 Å². The van der Waals surface area contributed by atoms with Crippen LogP contribution in [-0.2, 0) is 6.42 Å². The van der Waals surface area contributed by atoms with Crippen LogP contribution in [0.5, 0.6) is 11.5 Å². The number of nitrogens with zero attached hydrogens (tertiary/aromatic N) is 2. The molecule has 0 N–H and O–H groups in total. The summed E-state index contributed by atoms with van der Waals surface area (Å²) in [7, 11) is 0. The van der Waals surface area contributed by atoms with Crippen LogP contribution in [0.3, 0.4) is 0 Å². The van der Waals surface area contributed by atoms with E-state index >= 15 is 0 Å². The largest absolute Gasteiger partial charge is 0.454 e. The van der Waals surface area contributed by atoms with Crippen LogP contribution in [-0.4, -0.2) is 29.1 Å². The standard InChI is InChI=1S/C19H16N2O5/c1-11-7-14(3-4-16(11)21(23)24)19(22)20-6-5-13-8-17-18(26-10-25-17)9-15(13)12(20)2/h3-4,7-9H,2,5-6,10H2,1H3. The number of nitro groups is 1. The lowest BCUT2D eigenvalue weighted by molar-refractivity contribution is -0.385. The van der Waals surface area contributed by atoms with Crippen molar-refractivity contribution in [1.82, 2.24) is 4.90 Å². The number of carbonyl (C=O) groups is 1. The number of ether oxygens (including phenoxy) is 2. The van der Waals surface area contributed by atoms with Crippen LogP contribution in [0.25, 0.3) is 5.70 Å². The molecule has 0 radical (unpaired) electrons. The lowest BCUT2D eigenvalue weighted by Gasteiger charge is -2.31. The molecule has 1 amide bonds. The van der Waals surface area contributed by atoms with Crippen LogP contribution in [0.15, 0.2) is 36.9 Å². The summed E-state index contributed by atoms with van der Waals surface area (Å²) in [6.45, 7) is 6.37. The Morgan fingerprint density at radius 1 is 1.23 bits per heavy atom. The first-order valence-corrected chi connectivity index (χ1v) is 8.14. The predicted molar refractivity (Wildman–Crippen MR) is 94.2 cm³/mol. The molecule has 0 unspecified atom stereocenters. The maximum Gasteiger partial charge on any atom is 0.272 e. The predicted octanol–water partition coefficient (Wildman–Crippen LogP) is 3.30. The third-order valence-corrected chi connectivity index (χ3v) is 4.73. The normalized spacial score (nSPS) is 15.0. The Hall–Kier alpha value is -3.35. The van der Waals surface area contributed by atoms with Gasteiger partial charge >= 0.3 is 0 Å². The molecule has 0 bridgehead atoms. The molecule has 132 valence electrons. The number of fused-ring (bicyclic) bond motifs is 2. The molecule has 0 aliphatic carbocycles. The summed E-state index contributed by atoms with van der Waals surface area (Å²) in [6, 6.07) is 8.17. The van der Waals surface area contributed by atoms with Gasteiger partial charge in [0.05, 0.1) is 4.92 Å². The van der Waals surface area contributed by atoms with Crippen LogP contribution in [0.2, 0.25) is 0 Å². The van der Waals surface area contributed by atoms with Gasteiger partial charge in [-0.25, -0.2) is 0 Å². The average Bonchev–Trinajstić information content (AvgIpc) is 3.07. The van der Waals surface area contributed by atoms with E-state index in [1.807, 2.05) is 12.1 Å². The van der Waals surface area contributed by atoms with Gasteiger partial charge in [-0.05, 0) is 43.2 Å². The molecule has 0 spiro atoms. The molecule has 0 atom stereocenters. The van der Waals surface area contributed by atoms with Crippen molar-refractivity contribution in [3.8, 4) is 11.5 Å². The van der Waals surface area contributed by atoms with Crippen molar-refractivity contribution in [3.63, 3.8) is 0 Å². The Labute approximate surface area is 149 Å². The van der Waals surface area contributed by atoms with Gasteiger partial charge in [-0.15, -0.1) is 0 Å². The van der Waals surface area contributed by atoms with Gasteiger partial charge in [-0.1, -0.05) is 6.58 Å². The maximum atomic E-state index is 12.9. The summed E-state index contributed by atoms with van der Waals surface area (Å²) >= 11 is 0. The van der Waals surface area contributed by atoms with E-state index in [4.69, 9.17) is 9.47 Å². The van der Waals surface area contributed by atoms with E-state index in [-0.39, 0.29) is 18.4 Å². The van der Waals surface area contributed by atoms with Gasteiger partial charge in [-0.3, -0.25) is 14.9 Å². The minimum Gasteiger partial charge on any atom is -0.454 e.